The topological polar surface area (TPSA) is 125 Å². The summed E-state index contributed by atoms with van der Waals surface area (Å²) in [6, 6.07) is 7.40. The number of fused-ring (bicyclic) bond motifs is 2. The molecule has 7 atom stereocenters. The number of nitrogens with zero attached hydrogens (tertiary/aromatic N) is 2. The fraction of sp³-hybridized carbons (Fsp3) is 0.576. The van der Waals surface area contributed by atoms with Gasteiger partial charge in [-0.2, -0.15) is 0 Å². The molecule has 0 bridgehead atoms. The summed E-state index contributed by atoms with van der Waals surface area (Å²) in [6.07, 6.45) is 6.12. The van der Waals surface area contributed by atoms with Gasteiger partial charge in [-0.1, -0.05) is 68.5 Å². The van der Waals surface area contributed by atoms with E-state index in [-0.39, 0.29) is 37.3 Å². The summed E-state index contributed by atoms with van der Waals surface area (Å²) in [4.78, 5) is 59.0. The van der Waals surface area contributed by atoms with Crippen molar-refractivity contribution in [1.82, 2.24) is 15.1 Å². The van der Waals surface area contributed by atoms with Crippen LogP contribution in [0.2, 0.25) is 0 Å². The number of allylic oxidation sites excluding steroid dienone is 1. The van der Waals surface area contributed by atoms with Crippen LogP contribution < -0.4 is 5.32 Å². The zero-order valence-corrected chi connectivity index (χ0v) is 25.6. The van der Waals surface area contributed by atoms with Crippen molar-refractivity contribution in [3.05, 3.63) is 60.2 Å². The van der Waals surface area contributed by atoms with Crippen molar-refractivity contribution < 1.29 is 33.8 Å². The molecule has 10 heteroatoms. The largest absolute Gasteiger partial charge is 0.455 e. The lowest BCUT2D eigenvalue weighted by Crippen LogP contribution is -2.61. The number of carbonyl (C=O) groups excluding carboxylic acids is 4. The fourth-order valence-electron chi connectivity index (χ4n) is 6.93. The van der Waals surface area contributed by atoms with E-state index in [1.54, 1.807) is 23.1 Å². The summed E-state index contributed by atoms with van der Waals surface area (Å²) in [7, 11) is 0. The highest BCUT2D eigenvalue weighted by Gasteiger charge is 2.73. The summed E-state index contributed by atoms with van der Waals surface area (Å²) in [5.41, 5.74) is -1.30. The molecule has 1 spiro atoms. The molecule has 4 heterocycles. The van der Waals surface area contributed by atoms with Gasteiger partial charge in [0.25, 0.3) is 0 Å². The van der Waals surface area contributed by atoms with E-state index in [0.29, 0.717) is 18.5 Å². The van der Waals surface area contributed by atoms with Crippen molar-refractivity contribution in [1.29, 1.82) is 0 Å². The molecule has 10 nitrogen and oxygen atoms in total. The third-order valence-electron chi connectivity index (χ3n) is 9.11. The highest BCUT2D eigenvalue weighted by atomic mass is 16.6. The number of hydrogen-bond donors (Lipinski definition) is 2. The van der Waals surface area contributed by atoms with Gasteiger partial charge in [-0.05, 0) is 38.7 Å². The molecule has 4 aliphatic heterocycles. The monoisotopic (exact) mass is 593 g/mol. The van der Waals surface area contributed by atoms with Crippen LogP contribution in [0.15, 0.2) is 54.6 Å². The normalized spacial score (nSPS) is 33.0. The van der Waals surface area contributed by atoms with E-state index >= 15 is 0 Å². The first kappa shape index (κ1) is 30.9. The van der Waals surface area contributed by atoms with Crippen molar-refractivity contribution in [2.24, 2.45) is 17.8 Å². The Hall–Kier alpha value is -3.50. The van der Waals surface area contributed by atoms with Crippen LogP contribution in [0.5, 0.6) is 0 Å². The average molecular weight is 594 g/mol. The van der Waals surface area contributed by atoms with Gasteiger partial charge < -0.3 is 29.7 Å². The van der Waals surface area contributed by atoms with Crippen molar-refractivity contribution in [3.8, 4) is 0 Å². The zero-order valence-electron chi connectivity index (χ0n) is 25.6. The third-order valence-corrected chi connectivity index (χ3v) is 9.11. The maximum absolute atomic E-state index is 14.6. The molecule has 0 aromatic heterocycles. The first-order valence-corrected chi connectivity index (χ1v) is 15.2. The minimum absolute atomic E-state index is 0.0773. The van der Waals surface area contributed by atoms with E-state index in [9.17, 15) is 24.3 Å². The van der Waals surface area contributed by atoms with E-state index in [4.69, 9.17) is 9.47 Å². The van der Waals surface area contributed by atoms with Gasteiger partial charge in [-0.3, -0.25) is 19.2 Å². The van der Waals surface area contributed by atoms with Crippen LogP contribution in [0.1, 0.15) is 59.1 Å². The quantitative estimate of drug-likeness (QED) is 0.406. The number of aliphatic hydroxyl groups is 1. The fourth-order valence-corrected chi connectivity index (χ4v) is 6.93. The number of cyclic esters (lactones) is 1. The molecule has 0 saturated carbocycles. The minimum Gasteiger partial charge on any atom is -0.455 e. The van der Waals surface area contributed by atoms with Crippen LogP contribution in [-0.2, 0) is 28.7 Å². The van der Waals surface area contributed by atoms with Gasteiger partial charge in [-0.15, -0.1) is 0 Å². The number of aliphatic hydroxyl groups excluding tert-OH is 1. The van der Waals surface area contributed by atoms with Crippen LogP contribution >= 0.6 is 0 Å². The summed E-state index contributed by atoms with van der Waals surface area (Å²) >= 11 is 0. The number of carbonyl (C=O) groups is 4. The van der Waals surface area contributed by atoms with Gasteiger partial charge in [-0.25, -0.2) is 0 Å². The van der Waals surface area contributed by atoms with Gasteiger partial charge in [0.1, 0.15) is 23.7 Å². The number of hydrogen-bond acceptors (Lipinski definition) is 7. The average Bonchev–Trinajstić information content (AvgIpc) is 3.33. The van der Waals surface area contributed by atoms with E-state index < -0.39 is 59.1 Å². The Kier molecular flexibility index (Phi) is 8.55. The van der Waals surface area contributed by atoms with Crippen LogP contribution in [0.3, 0.4) is 0 Å². The zero-order chi connectivity index (χ0) is 31.1. The molecule has 2 fully saturated rings. The summed E-state index contributed by atoms with van der Waals surface area (Å²) in [5.74, 6) is -3.80. The molecular formula is C33H43N3O7. The molecule has 1 aromatic carbocycles. The molecule has 2 N–H and O–H groups in total. The van der Waals surface area contributed by atoms with Crippen LogP contribution in [-0.4, -0.2) is 87.6 Å². The number of rotatable bonds is 4. The smallest absolute Gasteiger partial charge is 0.313 e. The molecule has 43 heavy (non-hydrogen) atoms. The summed E-state index contributed by atoms with van der Waals surface area (Å²) < 4.78 is 12.8. The van der Waals surface area contributed by atoms with Crippen molar-refractivity contribution in [2.75, 3.05) is 19.7 Å². The van der Waals surface area contributed by atoms with Crippen molar-refractivity contribution in [3.63, 3.8) is 0 Å². The molecule has 0 radical (unpaired) electrons. The maximum Gasteiger partial charge on any atom is 0.313 e. The summed E-state index contributed by atoms with van der Waals surface area (Å²) in [5, 5.41) is 13.3. The van der Waals surface area contributed by atoms with E-state index in [0.717, 1.165) is 0 Å². The Bertz CT molecular complexity index is 1300. The molecule has 0 unspecified atom stereocenters. The lowest BCUT2D eigenvalue weighted by Gasteiger charge is -2.42. The van der Waals surface area contributed by atoms with Gasteiger partial charge in [0.15, 0.2) is 0 Å². The molecule has 0 aliphatic carbocycles. The Morgan fingerprint density at radius 1 is 1.07 bits per heavy atom. The molecule has 1 aromatic rings. The lowest BCUT2D eigenvalue weighted by molar-refractivity contribution is -0.161. The lowest BCUT2D eigenvalue weighted by atomic mass is 9.77. The van der Waals surface area contributed by atoms with Crippen LogP contribution in [0.25, 0.3) is 0 Å². The maximum atomic E-state index is 14.6. The first-order valence-electron chi connectivity index (χ1n) is 15.2. The number of nitrogens with one attached hydrogen (secondary N) is 1. The van der Waals surface area contributed by atoms with Gasteiger partial charge >= 0.3 is 5.97 Å². The number of benzene rings is 1. The second-order valence-corrected chi connectivity index (χ2v) is 13.2. The second-order valence-electron chi connectivity index (χ2n) is 13.2. The van der Waals surface area contributed by atoms with Crippen molar-refractivity contribution >= 4 is 23.7 Å². The number of likely N-dealkylation sites (tertiary alicyclic amines) is 1. The molecular weight excluding hydrogens is 550 g/mol. The van der Waals surface area contributed by atoms with Crippen LogP contribution in [0, 0.1) is 17.8 Å². The van der Waals surface area contributed by atoms with Crippen LogP contribution in [0.4, 0.5) is 0 Å². The van der Waals surface area contributed by atoms with Gasteiger partial charge in [0.2, 0.25) is 17.7 Å². The van der Waals surface area contributed by atoms with E-state index in [2.05, 4.69) is 5.32 Å². The highest BCUT2D eigenvalue weighted by Crippen LogP contribution is 2.54. The first-order chi connectivity index (χ1) is 20.4. The molecule has 4 aliphatic rings. The molecule has 2 saturated heterocycles. The van der Waals surface area contributed by atoms with E-state index in [1.165, 1.54) is 4.90 Å². The predicted molar refractivity (Wildman–Crippen MR) is 158 cm³/mol. The number of esters is 1. The van der Waals surface area contributed by atoms with Gasteiger partial charge in [0, 0.05) is 18.5 Å². The minimum atomic E-state index is -1.45. The Morgan fingerprint density at radius 3 is 2.44 bits per heavy atom. The SMILES string of the molecule is CC(C)[C@H](CO)N1C(=O)[C@H]2[C@@H]3C(=O)O[C@@H](c4ccccc4)CNC(=O)CC/C=C\[C@@H]3O[C@]23C=CCN(C(C)(C)C)C(=O)[C@H]13. The molecule has 5 rings (SSSR count). The predicted octanol–water partition coefficient (Wildman–Crippen LogP) is 2.53. The molecule has 232 valence electrons. The Balaban J connectivity index is 1.63. The number of amides is 3. The Morgan fingerprint density at radius 2 is 1.79 bits per heavy atom. The second kappa shape index (κ2) is 11.9. The third kappa shape index (κ3) is 5.51. The Labute approximate surface area is 253 Å². The number of ether oxygens (including phenoxy) is 2. The van der Waals surface area contributed by atoms with Crippen molar-refractivity contribution in [2.45, 2.75) is 82.9 Å². The summed E-state index contributed by atoms with van der Waals surface area (Å²) in [6.45, 7) is 9.63. The van der Waals surface area contributed by atoms with E-state index in [1.807, 2.05) is 71.0 Å². The molecule has 3 amide bonds. The van der Waals surface area contributed by atoms with Gasteiger partial charge in [0.05, 0.1) is 31.2 Å². The highest BCUT2D eigenvalue weighted by molar-refractivity contribution is 5.99. The standard InChI is InChI=1S/C33H43N3O7/c1-20(2)22(19-37)36-28-30(40)35(32(3,4)5)17-11-16-33(28)27(29(36)39)26-23(43-33)14-9-10-15-25(38)34-18-24(42-31(26)41)21-12-7-6-8-13-21/h6-9,11-14,16,20,22-24,26-28,37H,10,15,17-19H2,1-5H3,(H,34,38)/b14-9-/t22-,23-,24+,26+,27+,28-,33+/m0/s1.